The molecule has 3 fully saturated rings. The van der Waals surface area contributed by atoms with Gasteiger partial charge in [-0.15, -0.1) is 0 Å². The molecule has 2 unspecified atom stereocenters. The van der Waals surface area contributed by atoms with Crippen LogP contribution in [0.25, 0.3) is 0 Å². The van der Waals surface area contributed by atoms with E-state index in [1.807, 2.05) is 13.8 Å². The highest BCUT2D eigenvalue weighted by Crippen LogP contribution is 2.29. The van der Waals surface area contributed by atoms with Crippen LogP contribution >= 0.6 is 0 Å². The average Bonchev–Trinajstić information content (AvgIpc) is 3.14. The van der Waals surface area contributed by atoms with Gasteiger partial charge in [0.05, 0.1) is 0 Å². The fourth-order valence-corrected chi connectivity index (χ4v) is 2.97. The van der Waals surface area contributed by atoms with Crippen molar-refractivity contribution in [1.82, 2.24) is 0 Å². The highest BCUT2D eigenvalue weighted by molar-refractivity contribution is 4.68. The largest absolute Gasteiger partial charge is 0.0683 e. The Bertz CT molecular complexity index is 174. The van der Waals surface area contributed by atoms with Gasteiger partial charge in [0.25, 0.3) is 0 Å². The zero-order valence-electron chi connectivity index (χ0n) is 15.4. The lowest BCUT2D eigenvalue weighted by Gasteiger charge is -2.15. The lowest BCUT2D eigenvalue weighted by molar-refractivity contribution is 0.385. The summed E-state index contributed by atoms with van der Waals surface area (Å²) in [6.45, 7) is 13.3. The maximum Gasteiger partial charge on any atom is -0.0440 e. The summed E-state index contributed by atoms with van der Waals surface area (Å²) >= 11 is 0. The third kappa shape index (κ3) is 13.0. The van der Waals surface area contributed by atoms with E-state index >= 15 is 0 Å². The highest BCUT2D eigenvalue weighted by Gasteiger charge is 2.15. The van der Waals surface area contributed by atoms with Gasteiger partial charge in [0, 0.05) is 0 Å². The Labute approximate surface area is 130 Å². The zero-order chi connectivity index (χ0) is 15.4. The molecule has 0 aromatic heterocycles. The first-order valence-corrected chi connectivity index (χ1v) is 9.58. The van der Waals surface area contributed by atoms with Crippen LogP contribution in [0, 0.1) is 23.7 Å². The van der Waals surface area contributed by atoms with E-state index in [9.17, 15) is 0 Å². The second-order valence-corrected chi connectivity index (χ2v) is 7.45. The van der Waals surface area contributed by atoms with E-state index < -0.39 is 0 Å². The van der Waals surface area contributed by atoms with E-state index in [1.165, 1.54) is 64.2 Å². The SMILES string of the molecule is CC.CC1CC1.CC1CCC(C)C1.CC1CCCCC1. The number of hydrogen-bond acceptors (Lipinski definition) is 0. The Morgan fingerprint density at radius 2 is 0.800 bits per heavy atom. The predicted octanol–water partition coefficient (Wildman–Crippen LogP) is 7.47. The standard InChI is InChI=1S/2C7H14.C4H8.C2H6/c1-6-3-4-7(2)5-6;1-7-5-3-2-4-6-7;1-4-2-3-4;1-2/h6-7H,3-5H2,1-2H3;7H,2-6H2,1H3;4H,2-3H2,1H3;1-2H3. The van der Waals surface area contributed by atoms with E-state index in [0.29, 0.717) is 0 Å². The van der Waals surface area contributed by atoms with Crippen LogP contribution in [0.2, 0.25) is 0 Å². The molecule has 0 nitrogen and oxygen atoms in total. The Hall–Kier alpha value is 0. The first kappa shape index (κ1) is 20.0. The molecule has 122 valence electrons. The third-order valence-electron chi connectivity index (χ3n) is 4.72. The summed E-state index contributed by atoms with van der Waals surface area (Å²) in [7, 11) is 0. The van der Waals surface area contributed by atoms with E-state index in [2.05, 4.69) is 27.7 Å². The molecule has 3 saturated carbocycles. The minimum atomic E-state index is 1.02. The summed E-state index contributed by atoms with van der Waals surface area (Å²) in [6.07, 6.45) is 14.8. The molecule has 0 heterocycles. The van der Waals surface area contributed by atoms with E-state index in [1.54, 1.807) is 0 Å². The normalized spacial score (nSPS) is 29.1. The monoisotopic (exact) mass is 282 g/mol. The van der Waals surface area contributed by atoms with Gasteiger partial charge in [0.2, 0.25) is 0 Å². The minimum Gasteiger partial charge on any atom is -0.0683 e. The van der Waals surface area contributed by atoms with Crippen molar-refractivity contribution in [3.8, 4) is 0 Å². The molecule has 20 heavy (non-hydrogen) atoms. The van der Waals surface area contributed by atoms with Crippen LogP contribution in [0.3, 0.4) is 0 Å². The molecular formula is C20H42. The van der Waals surface area contributed by atoms with E-state index in [0.717, 1.165) is 23.7 Å². The molecule has 2 atom stereocenters. The molecule has 0 aromatic rings. The Morgan fingerprint density at radius 3 is 0.950 bits per heavy atom. The summed E-state index contributed by atoms with van der Waals surface area (Å²) in [5, 5.41) is 0. The third-order valence-corrected chi connectivity index (χ3v) is 4.72. The zero-order valence-corrected chi connectivity index (χ0v) is 15.4. The Kier molecular flexibility index (Phi) is 12.7. The van der Waals surface area contributed by atoms with Crippen molar-refractivity contribution in [1.29, 1.82) is 0 Å². The van der Waals surface area contributed by atoms with Crippen molar-refractivity contribution in [2.45, 2.75) is 106 Å². The Morgan fingerprint density at radius 1 is 0.450 bits per heavy atom. The van der Waals surface area contributed by atoms with E-state index in [4.69, 9.17) is 0 Å². The molecule has 0 radical (unpaired) electrons. The van der Waals surface area contributed by atoms with Crippen LogP contribution in [0.5, 0.6) is 0 Å². The fourth-order valence-electron chi connectivity index (χ4n) is 2.97. The molecular weight excluding hydrogens is 240 g/mol. The highest BCUT2D eigenvalue weighted by atomic mass is 14.2. The lowest BCUT2D eigenvalue weighted by Crippen LogP contribution is -1.99. The molecule has 0 aliphatic heterocycles. The second kappa shape index (κ2) is 12.7. The van der Waals surface area contributed by atoms with Gasteiger partial charge >= 0.3 is 0 Å². The van der Waals surface area contributed by atoms with Gasteiger partial charge in [0.1, 0.15) is 0 Å². The van der Waals surface area contributed by atoms with Gasteiger partial charge in [-0.2, -0.15) is 0 Å². The molecule has 0 N–H and O–H groups in total. The van der Waals surface area contributed by atoms with Gasteiger partial charge in [0.15, 0.2) is 0 Å². The van der Waals surface area contributed by atoms with Gasteiger partial charge in [-0.25, -0.2) is 0 Å². The summed E-state index contributed by atoms with van der Waals surface area (Å²) in [4.78, 5) is 0. The van der Waals surface area contributed by atoms with Gasteiger partial charge in [-0.1, -0.05) is 99.3 Å². The maximum atomic E-state index is 2.36. The van der Waals surface area contributed by atoms with Gasteiger partial charge in [-0.05, 0) is 30.1 Å². The molecule has 0 saturated heterocycles. The average molecular weight is 283 g/mol. The van der Waals surface area contributed by atoms with Crippen molar-refractivity contribution in [3.63, 3.8) is 0 Å². The first-order valence-electron chi connectivity index (χ1n) is 9.58. The molecule has 0 aromatic carbocycles. The van der Waals surface area contributed by atoms with Crippen molar-refractivity contribution in [2.75, 3.05) is 0 Å². The summed E-state index contributed by atoms with van der Waals surface area (Å²) < 4.78 is 0. The lowest BCUT2D eigenvalue weighted by atomic mass is 9.91. The van der Waals surface area contributed by atoms with Crippen LogP contribution in [0.4, 0.5) is 0 Å². The number of hydrogen-bond donors (Lipinski definition) is 0. The summed E-state index contributed by atoms with van der Waals surface area (Å²) in [6, 6.07) is 0. The topological polar surface area (TPSA) is 0 Å². The quantitative estimate of drug-likeness (QED) is 0.432. The van der Waals surface area contributed by atoms with Crippen LogP contribution in [-0.2, 0) is 0 Å². The van der Waals surface area contributed by atoms with Crippen LogP contribution < -0.4 is 0 Å². The van der Waals surface area contributed by atoms with Crippen LogP contribution in [0.1, 0.15) is 106 Å². The van der Waals surface area contributed by atoms with Crippen LogP contribution in [0.15, 0.2) is 0 Å². The van der Waals surface area contributed by atoms with Crippen molar-refractivity contribution < 1.29 is 0 Å². The molecule has 3 rings (SSSR count). The molecule has 3 aliphatic rings. The van der Waals surface area contributed by atoms with Gasteiger partial charge < -0.3 is 0 Å². The smallest absolute Gasteiger partial charge is 0.0440 e. The molecule has 0 spiro atoms. The van der Waals surface area contributed by atoms with Crippen molar-refractivity contribution in [3.05, 3.63) is 0 Å². The minimum absolute atomic E-state index is 1.02. The second-order valence-electron chi connectivity index (χ2n) is 7.45. The predicted molar refractivity (Wildman–Crippen MR) is 94.2 cm³/mol. The van der Waals surface area contributed by atoms with E-state index in [-0.39, 0.29) is 0 Å². The molecule has 0 bridgehead atoms. The first-order chi connectivity index (χ1) is 9.58. The molecule has 0 amide bonds. The molecule has 0 heteroatoms. The fraction of sp³-hybridized carbons (Fsp3) is 1.00. The molecule has 3 aliphatic carbocycles. The van der Waals surface area contributed by atoms with Crippen molar-refractivity contribution >= 4 is 0 Å². The van der Waals surface area contributed by atoms with Gasteiger partial charge in [-0.3, -0.25) is 0 Å². The summed E-state index contributed by atoms with van der Waals surface area (Å²) in [5.41, 5.74) is 0. The number of rotatable bonds is 0. The summed E-state index contributed by atoms with van der Waals surface area (Å²) in [5.74, 6) is 4.17. The van der Waals surface area contributed by atoms with Crippen LogP contribution in [-0.4, -0.2) is 0 Å². The van der Waals surface area contributed by atoms with Crippen molar-refractivity contribution in [2.24, 2.45) is 23.7 Å². The maximum absolute atomic E-state index is 2.36. The Balaban J connectivity index is 0.000000263.